The number of ether oxygens (including phenoxy) is 2. The van der Waals surface area contributed by atoms with Crippen molar-refractivity contribution in [3.8, 4) is 273 Å². The van der Waals surface area contributed by atoms with E-state index in [0.717, 1.165) is 0 Å². The first-order chi connectivity index (χ1) is 29.7. The SMILES string of the molecule is C#CC#CC#CC#CC#CC#CC#CC#CC#CC#CC#COc1ccc(C(O)c2ccc(OC#CC#CC#CC#CC#CC#CC#CC#CC#CC#CC#C)cc2)cc1. The fourth-order valence-electron chi connectivity index (χ4n) is 2.98. The summed E-state index contributed by atoms with van der Waals surface area (Å²) in [4.78, 5) is 0. The van der Waals surface area contributed by atoms with Crippen molar-refractivity contribution in [3.05, 3.63) is 59.7 Å². The quantitative estimate of drug-likeness (QED) is 0.491. The maximum Gasteiger partial charge on any atom is 0.140 e. The second kappa shape index (κ2) is 33.2. The van der Waals surface area contributed by atoms with Crippen LogP contribution in [0.5, 0.6) is 11.5 Å². The molecular formula is C57H12O3. The Morgan fingerprint density at radius 2 is 0.467 bits per heavy atom. The lowest BCUT2D eigenvalue weighted by atomic mass is 10.0. The topological polar surface area (TPSA) is 38.7 Å². The van der Waals surface area contributed by atoms with Gasteiger partial charge in [0.05, 0.1) is 0 Å². The van der Waals surface area contributed by atoms with E-state index in [0.29, 0.717) is 22.6 Å². The Morgan fingerprint density at radius 1 is 0.283 bits per heavy atom. The van der Waals surface area contributed by atoms with E-state index in [2.05, 4.69) is 249 Å². The highest BCUT2D eigenvalue weighted by atomic mass is 16.5. The van der Waals surface area contributed by atoms with Crippen LogP contribution in [0, 0.1) is 262 Å². The lowest BCUT2D eigenvalue weighted by Gasteiger charge is -2.12. The zero-order valence-corrected chi connectivity index (χ0v) is 30.6. The summed E-state index contributed by atoms with van der Waals surface area (Å²) in [5.41, 5.74) is 1.28. The van der Waals surface area contributed by atoms with Crippen LogP contribution >= 0.6 is 0 Å². The Labute approximate surface area is 352 Å². The highest BCUT2D eigenvalue weighted by Gasteiger charge is 2.10. The first kappa shape index (κ1) is 44.5. The Bertz CT molecular complexity index is 3210. The van der Waals surface area contributed by atoms with Crippen molar-refractivity contribution in [1.29, 1.82) is 0 Å². The lowest BCUT2D eigenvalue weighted by molar-refractivity contribution is 0.220. The summed E-state index contributed by atoms with van der Waals surface area (Å²) in [6.07, 6.45) is 14.0. The molecule has 0 unspecified atom stereocenters. The van der Waals surface area contributed by atoms with Crippen molar-refractivity contribution >= 4 is 0 Å². The second-order valence-corrected chi connectivity index (χ2v) is 8.99. The van der Waals surface area contributed by atoms with Crippen LogP contribution in [0.25, 0.3) is 0 Å². The second-order valence-electron chi connectivity index (χ2n) is 8.99. The fourth-order valence-corrected chi connectivity index (χ4v) is 2.98. The van der Waals surface area contributed by atoms with Gasteiger partial charge in [0.2, 0.25) is 0 Å². The number of hydrogen-bond acceptors (Lipinski definition) is 3. The summed E-state index contributed by atoms with van der Waals surface area (Å²) in [6, 6.07) is 13.6. The van der Waals surface area contributed by atoms with E-state index in [1.165, 1.54) is 0 Å². The predicted octanol–water partition coefficient (Wildman–Crippen LogP) is 2.78. The van der Waals surface area contributed by atoms with Crippen molar-refractivity contribution < 1.29 is 14.6 Å². The molecule has 3 nitrogen and oxygen atoms in total. The molecule has 60 heavy (non-hydrogen) atoms. The van der Waals surface area contributed by atoms with Gasteiger partial charge in [-0.3, -0.25) is 0 Å². The Hall–Kier alpha value is -11.7. The third-order valence-electron chi connectivity index (χ3n) is 5.23. The monoisotopic (exact) mass is 744 g/mol. The van der Waals surface area contributed by atoms with Crippen LogP contribution in [0.3, 0.4) is 0 Å². The normalized spacial score (nSPS) is 5.87. The van der Waals surface area contributed by atoms with Crippen LogP contribution in [0.2, 0.25) is 0 Å². The molecule has 0 aliphatic heterocycles. The van der Waals surface area contributed by atoms with Crippen LogP contribution in [-0.4, -0.2) is 5.11 Å². The number of benzene rings is 2. The van der Waals surface area contributed by atoms with Gasteiger partial charge in [0, 0.05) is 142 Å². The number of aliphatic hydroxyl groups excluding tert-OH is 1. The highest BCUT2D eigenvalue weighted by molar-refractivity contribution is 5.49. The van der Waals surface area contributed by atoms with Gasteiger partial charge in [0.15, 0.2) is 0 Å². The van der Waals surface area contributed by atoms with Gasteiger partial charge in [-0.2, -0.15) is 0 Å². The standard InChI is InChI=1S/C57H12O3/c1-3-5-7-9-11-13-15-17-19-21-23-25-27-29-31-33-35-37-39-41-51-59-55-47-43-53(44-48-55)57(58)54-45-49-56(50-46-54)60-52-42-40-38-36-34-32-30-28-26-24-22-20-18-16-14-12-10-8-6-4-2/h1-2,43-50,57-58H. The lowest BCUT2D eigenvalue weighted by Crippen LogP contribution is -1.99. The van der Waals surface area contributed by atoms with Crippen molar-refractivity contribution in [3.63, 3.8) is 0 Å². The molecule has 0 saturated heterocycles. The van der Waals surface area contributed by atoms with E-state index in [1.807, 2.05) is 0 Å². The zero-order valence-electron chi connectivity index (χ0n) is 30.6. The molecule has 0 heterocycles. The molecule has 258 valence electrons. The van der Waals surface area contributed by atoms with E-state index in [1.54, 1.807) is 48.5 Å². The minimum absolute atomic E-state index is 0.465. The van der Waals surface area contributed by atoms with Gasteiger partial charge in [-0.15, -0.1) is 12.8 Å². The highest BCUT2D eigenvalue weighted by Crippen LogP contribution is 2.25. The Balaban J connectivity index is 1.76. The first-order valence-electron chi connectivity index (χ1n) is 15.9. The molecule has 0 amide bonds. The largest absolute Gasteiger partial charge is 0.407 e. The third kappa shape index (κ3) is 24.5. The van der Waals surface area contributed by atoms with Crippen molar-refractivity contribution in [1.82, 2.24) is 0 Å². The number of terminal acetylenes is 2. The van der Waals surface area contributed by atoms with E-state index >= 15 is 0 Å². The first-order valence-corrected chi connectivity index (χ1v) is 15.9. The molecule has 0 aliphatic rings. The maximum absolute atomic E-state index is 10.8. The summed E-state index contributed by atoms with van der Waals surface area (Å²) in [5.74, 6) is 99.7. The number of hydrogen-bond donors (Lipinski definition) is 1. The molecule has 0 radical (unpaired) electrons. The summed E-state index contributed by atoms with van der Waals surface area (Å²) >= 11 is 0. The Morgan fingerprint density at radius 3 is 0.667 bits per heavy atom. The van der Waals surface area contributed by atoms with E-state index in [4.69, 9.17) is 22.3 Å². The fraction of sp³-hybridized carbons (Fsp3) is 0.0175. The number of aliphatic hydroxyl groups is 1. The molecule has 0 fully saturated rings. The van der Waals surface area contributed by atoms with Gasteiger partial charge >= 0.3 is 0 Å². The molecule has 1 N–H and O–H groups in total. The van der Waals surface area contributed by atoms with Gasteiger partial charge in [-0.05, 0) is 130 Å². The molecule has 2 rings (SSSR count). The van der Waals surface area contributed by atoms with E-state index in [-0.39, 0.29) is 0 Å². The smallest absolute Gasteiger partial charge is 0.140 e. The molecule has 0 bridgehead atoms. The molecule has 3 heteroatoms. The van der Waals surface area contributed by atoms with Crippen LogP contribution in [-0.2, 0) is 0 Å². The minimum Gasteiger partial charge on any atom is -0.407 e. The predicted molar refractivity (Wildman–Crippen MR) is 231 cm³/mol. The van der Waals surface area contributed by atoms with Crippen molar-refractivity contribution in [2.24, 2.45) is 0 Å². The van der Waals surface area contributed by atoms with Crippen LogP contribution in [0.4, 0.5) is 0 Å². The molecule has 0 aromatic heterocycles. The van der Waals surface area contributed by atoms with Gasteiger partial charge in [-0.1, -0.05) is 24.3 Å². The molecular weight excluding hydrogens is 733 g/mol. The summed E-state index contributed by atoms with van der Waals surface area (Å²) < 4.78 is 10.7. The van der Waals surface area contributed by atoms with Gasteiger partial charge in [-0.25, -0.2) is 0 Å². The van der Waals surface area contributed by atoms with E-state index in [9.17, 15) is 5.11 Å². The average Bonchev–Trinajstić information content (AvgIpc) is 3.27. The molecule has 0 saturated carbocycles. The summed E-state index contributed by atoms with van der Waals surface area (Å²) in [7, 11) is 0. The molecule has 0 atom stereocenters. The Kier molecular flexibility index (Phi) is 24.6. The van der Waals surface area contributed by atoms with Crippen LogP contribution in [0.15, 0.2) is 48.5 Å². The van der Waals surface area contributed by atoms with Crippen molar-refractivity contribution in [2.45, 2.75) is 6.10 Å². The van der Waals surface area contributed by atoms with E-state index < -0.39 is 6.10 Å². The van der Waals surface area contributed by atoms with Gasteiger partial charge in [0.1, 0.15) is 29.8 Å². The zero-order chi connectivity index (χ0) is 42.7. The molecule has 0 aliphatic carbocycles. The molecule has 2 aromatic carbocycles. The summed E-state index contributed by atoms with van der Waals surface area (Å²) in [5, 5.41) is 10.8. The van der Waals surface area contributed by atoms with Crippen molar-refractivity contribution in [2.75, 3.05) is 0 Å². The third-order valence-corrected chi connectivity index (χ3v) is 5.23. The van der Waals surface area contributed by atoms with Gasteiger partial charge in [0.25, 0.3) is 0 Å². The van der Waals surface area contributed by atoms with Gasteiger partial charge < -0.3 is 14.6 Å². The molecule has 0 spiro atoms. The average molecular weight is 745 g/mol. The molecule has 2 aromatic rings. The van der Waals surface area contributed by atoms with Crippen LogP contribution in [0.1, 0.15) is 17.2 Å². The number of rotatable bonds is 4. The summed E-state index contributed by atoms with van der Waals surface area (Å²) in [6.45, 7) is 0. The maximum atomic E-state index is 10.8. The minimum atomic E-state index is -0.890. The van der Waals surface area contributed by atoms with Crippen LogP contribution < -0.4 is 9.47 Å².